The fourth-order valence-corrected chi connectivity index (χ4v) is 6.42. The van der Waals surface area contributed by atoms with E-state index in [2.05, 4.69) is 0 Å². The first kappa shape index (κ1) is 28.8. The standard InChI is InChI=1S/C33H30ClN3O5S/c1-4-36(5-2)32(39)29-20(3)35-33-37(30(29)23-9-11-24(34)12-10-23)31(38)28(43-33)17-21-6-13-25(14-7-21)40-18-22-8-15-26-27(16-22)42-19-41-26/h6-17,30H,4-5,18-19H2,1-3H3/b28-17+/t30-/m1/s1. The largest absolute Gasteiger partial charge is 0.489 e. The lowest BCUT2D eigenvalue weighted by molar-refractivity contribution is -0.127. The van der Waals surface area contributed by atoms with Gasteiger partial charge in [0.2, 0.25) is 6.79 Å². The van der Waals surface area contributed by atoms with Crippen LogP contribution in [0.25, 0.3) is 6.08 Å². The van der Waals surface area contributed by atoms with Crippen LogP contribution in [0.2, 0.25) is 5.02 Å². The number of hydrogen-bond donors (Lipinski definition) is 0. The van der Waals surface area contributed by atoms with Crippen LogP contribution in [0.15, 0.2) is 87.8 Å². The number of hydrogen-bond acceptors (Lipinski definition) is 7. The molecule has 43 heavy (non-hydrogen) atoms. The van der Waals surface area contributed by atoms with Crippen molar-refractivity contribution >= 4 is 34.9 Å². The predicted molar refractivity (Wildman–Crippen MR) is 166 cm³/mol. The summed E-state index contributed by atoms with van der Waals surface area (Å²) in [7, 11) is 0. The Hall–Kier alpha value is -4.34. The molecule has 2 aliphatic rings. The molecule has 0 spiro atoms. The average Bonchev–Trinajstić information content (AvgIpc) is 3.60. The molecule has 1 aromatic heterocycles. The van der Waals surface area contributed by atoms with Gasteiger partial charge in [0.05, 0.1) is 21.8 Å². The van der Waals surface area contributed by atoms with Crippen LogP contribution in [0.4, 0.5) is 0 Å². The van der Waals surface area contributed by atoms with Crippen LogP contribution in [0, 0.1) is 0 Å². The number of allylic oxidation sites excluding steroid dienone is 1. The zero-order valence-electron chi connectivity index (χ0n) is 24.0. The Labute approximate surface area is 257 Å². The highest BCUT2D eigenvalue weighted by Crippen LogP contribution is 2.33. The number of thiazole rings is 1. The van der Waals surface area contributed by atoms with Crippen LogP contribution in [-0.2, 0) is 11.4 Å². The van der Waals surface area contributed by atoms with Gasteiger partial charge in [-0.15, -0.1) is 0 Å². The number of amides is 1. The van der Waals surface area contributed by atoms with Gasteiger partial charge >= 0.3 is 0 Å². The molecule has 0 aliphatic carbocycles. The highest BCUT2D eigenvalue weighted by molar-refractivity contribution is 7.07. The van der Waals surface area contributed by atoms with Crippen LogP contribution in [-0.4, -0.2) is 35.3 Å². The first-order valence-corrected chi connectivity index (χ1v) is 15.2. The van der Waals surface area contributed by atoms with Crippen molar-refractivity contribution in [3.8, 4) is 17.2 Å². The molecule has 0 bridgehead atoms. The summed E-state index contributed by atoms with van der Waals surface area (Å²) in [5, 5.41) is 0.580. The Morgan fingerprint density at radius 1 is 1.07 bits per heavy atom. The van der Waals surface area contributed by atoms with E-state index in [1.807, 2.05) is 81.4 Å². The molecule has 1 amide bonds. The van der Waals surface area contributed by atoms with Gasteiger partial charge in [-0.2, -0.15) is 0 Å². The summed E-state index contributed by atoms with van der Waals surface area (Å²) in [6.07, 6.45) is 1.84. The van der Waals surface area contributed by atoms with Gasteiger partial charge in [0.15, 0.2) is 16.3 Å². The molecule has 2 aliphatic heterocycles. The zero-order chi connectivity index (χ0) is 30.1. The van der Waals surface area contributed by atoms with Crippen molar-refractivity contribution in [2.75, 3.05) is 19.9 Å². The first-order chi connectivity index (χ1) is 20.9. The van der Waals surface area contributed by atoms with Gasteiger partial charge in [0.1, 0.15) is 12.4 Å². The molecular weight excluding hydrogens is 586 g/mol. The molecule has 6 rings (SSSR count). The van der Waals surface area contributed by atoms with E-state index in [4.69, 9.17) is 30.8 Å². The number of rotatable bonds is 8. The predicted octanol–water partition coefficient (Wildman–Crippen LogP) is 5.06. The molecule has 0 saturated heterocycles. The second-order valence-electron chi connectivity index (χ2n) is 10.2. The molecule has 0 saturated carbocycles. The lowest BCUT2D eigenvalue weighted by Crippen LogP contribution is -2.43. The molecule has 4 aromatic rings. The smallest absolute Gasteiger partial charge is 0.271 e. The van der Waals surface area contributed by atoms with Gasteiger partial charge in [-0.3, -0.25) is 14.2 Å². The van der Waals surface area contributed by atoms with Gasteiger partial charge in [0, 0.05) is 18.1 Å². The minimum absolute atomic E-state index is 0.128. The molecule has 0 N–H and O–H groups in total. The summed E-state index contributed by atoms with van der Waals surface area (Å²) in [5.41, 5.74) is 3.51. The van der Waals surface area contributed by atoms with Crippen molar-refractivity contribution in [3.05, 3.63) is 119 Å². The molecule has 0 fully saturated rings. The van der Waals surface area contributed by atoms with Crippen molar-refractivity contribution in [3.63, 3.8) is 0 Å². The minimum atomic E-state index is -0.615. The second kappa shape index (κ2) is 12.1. The average molecular weight is 616 g/mol. The van der Waals surface area contributed by atoms with Gasteiger partial charge in [-0.1, -0.05) is 53.3 Å². The quantitative estimate of drug-likeness (QED) is 0.277. The lowest BCUT2D eigenvalue weighted by atomic mass is 9.94. The fourth-order valence-electron chi connectivity index (χ4n) is 5.25. The first-order valence-electron chi connectivity index (χ1n) is 14.0. The summed E-state index contributed by atoms with van der Waals surface area (Å²) in [5.74, 6) is 2.03. The normalized spacial score (nSPS) is 15.7. The van der Waals surface area contributed by atoms with E-state index < -0.39 is 6.04 Å². The summed E-state index contributed by atoms with van der Waals surface area (Å²) in [6, 6.07) is 20.0. The number of likely N-dealkylation sites (N-methyl/N-ethyl adjacent to an activating group) is 1. The van der Waals surface area contributed by atoms with Crippen molar-refractivity contribution < 1.29 is 19.0 Å². The number of nitrogens with zero attached hydrogens (tertiary/aromatic N) is 3. The maximum atomic E-state index is 13.9. The van der Waals surface area contributed by atoms with Crippen LogP contribution in [0.5, 0.6) is 17.2 Å². The number of fused-ring (bicyclic) bond motifs is 2. The third kappa shape index (κ3) is 5.70. The van der Waals surface area contributed by atoms with E-state index >= 15 is 0 Å². The number of aromatic nitrogens is 1. The van der Waals surface area contributed by atoms with Crippen LogP contribution < -0.4 is 29.1 Å². The Balaban J connectivity index is 1.31. The SMILES string of the molecule is CCN(CC)C(=O)C1=C(C)N=c2s/c(=C/c3ccc(OCc4ccc5c(c4)OCO5)cc3)c(=O)n2[C@@H]1c1ccc(Cl)cc1. The van der Waals surface area contributed by atoms with Gasteiger partial charge in [0.25, 0.3) is 11.5 Å². The van der Waals surface area contributed by atoms with E-state index in [9.17, 15) is 9.59 Å². The van der Waals surface area contributed by atoms with Gasteiger partial charge < -0.3 is 19.1 Å². The number of benzene rings is 3. The Kier molecular flexibility index (Phi) is 8.10. The highest BCUT2D eigenvalue weighted by Gasteiger charge is 2.34. The van der Waals surface area contributed by atoms with Crippen molar-refractivity contribution in [1.29, 1.82) is 0 Å². The summed E-state index contributed by atoms with van der Waals surface area (Å²) in [6.45, 7) is 7.44. The van der Waals surface area contributed by atoms with Crippen LogP contribution in [0.3, 0.4) is 0 Å². The molecule has 0 radical (unpaired) electrons. The van der Waals surface area contributed by atoms with Gasteiger partial charge in [-0.25, -0.2) is 4.99 Å². The molecule has 1 atom stereocenters. The van der Waals surface area contributed by atoms with Crippen molar-refractivity contribution in [2.24, 2.45) is 4.99 Å². The Bertz CT molecular complexity index is 1890. The molecule has 0 unspecified atom stereocenters. The number of ether oxygens (including phenoxy) is 3. The van der Waals surface area contributed by atoms with E-state index in [-0.39, 0.29) is 18.3 Å². The van der Waals surface area contributed by atoms with E-state index in [0.717, 1.165) is 28.2 Å². The number of halogens is 1. The Morgan fingerprint density at radius 3 is 2.51 bits per heavy atom. The minimum Gasteiger partial charge on any atom is -0.489 e. The fraction of sp³-hybridized carbons (Fsp3) is 0.242. The van der Waals surface area contributed by atoms with E-state index in [0.29, 0.717) is 51.1 Å². The Morgan fingerprint density at radius 2 is 1.79 bits per heavy atom. The summed E-state index contributed by atoms with van der Waals surface area (Å²) in [4.78, 5) is 34.7. The number of carbonyl (C=O) groups is 1. The third-order valence-electron chi connectivity index (χ3n) is 7.51. The van der Waals surface area contributed by atoms with E-state index in [1.54, 1.807) is 21.6 Å². The molecule has 10 heteroatoms. The van der Waals surface area contributed by atoms with Crippen LogP contribution >= 0.6 is 22.9 Å². The maximum Gasteiger partial charge on any atom is 0.271 e. The molecule has 3 aromatic carbocycles. The second-order valence-corrected chi connectivity index (χ2v) is 11.6. The molecular formula is C33H30ClN3O5S. The van der Waals surface area contributed by atoms with Gasteiger partial charge in [-0.05, 0) is 79.9 Å². The highest BCUT2D eigenvalue weighted by atomic mass is 35.5. The lowest BCUT2D eigenvalue weighted by Gasteiger charge is -2.29. The monoisotopic (exact) mass is 615 g/mol. The number of carbonyl (C=O) groups excluding carboxylic acids is 1. The molecule has 3 heterocycles. The molecule has 220 valence electrons. The summed E-state index contributed by atoms with van der Waals surface area (Å²) >= 11 is 7.49. The zero-order valence-corrected chi connectivity index (χ0v) is 25.6. The topological polar surface area (TPSA) is 82.4 Å². The van der Waals surface area contributed by atoms with Crippen molar-refractivity contribution in [2.45, 2.75) is 33.4 Å². The summed E-state index contributed by atoms with van der Waals surface area (Å²) < 4.78 is 18.9. The maximum absolute atomic E-state index is 13.9. The van der Waals surface area contributed by atoms with E-state index in [1.165, 1.54) is 11.3 Å². The molecule has 8 nitrogen and oxygen atoms in total. The van der Waals surface area contributed by atoms with Crippen LogP contribution in [0.1, 0.15) is 43.5 Å². The van der Waals surface area contributed by atoms with Crippen molar-refractivity contribution in [1.82, 2.24) is 9.47 Å². The third-order valence-corrected chi connectivity index (χ3v) is 8.74.